The zero-order valence-electron chi connectivity index (χ0n) is 9.01. The third-order valence-corrected chi connectivity index (χ3v) is 2.13. The Hall–Kier alpha value is -1.18. The second-order valence-corrected chi connectivity index (χ2v) is 3.16. The van der Waals surface area contributed by atoms with Gasteiger partial charge in [0.05, 0.1) is 13.2 Å². The molecule has 2 nitrogen and oxygen atoms in total. The molecule has 0 bridgehead atoms. The molecule has 0 N–H and O–H groups in total. The summed E-state index contributed by atoms with van der Waals surface area (Å²) < 4.78 is 11.1. The minimum absolute atomic E-state index is 0.713. The van der Waals surface area contributed by atoms with Crippen molar-refractivity contribution in [3.8, 4) is 0 Å². The number of rotatable bonds is 4. The molecular weight excluding hydrogens is 176 g/mol. The Labute approximate surface area is 85.9 Å². The molecule has 1 heterocycles. The smallest absolute Gasteiger partial charge is 0.164 e. The highest BCUT2D eigenvalue weighted by atomic mass is 16.5. The first-order chi connectivity index (χ1) is 6.83. The number of allylic oxidation sites excluding steroid dienone is 3. The SMILES string of the molecule is C=C/C(OCCC)=C1/OCC/C1=C/C. The molecule has 0 aromatic carbocycles. The van der Waals surface area contributed by atoms with Gasteiger partial charge >= 0.3 is 0 Å². The number of ether oxygens (including phenoxy) is 2. The van der Waals surface area contributed by atoms with Crippen molar-refractivity contribution < 1.29 is 9.47 Å². The summed E-state index contributed by atoms with van der Waals surface area (Å²) in [5.74, 6) is 1.65. The van der Waals surface area contributed by atoms with E-state index < -0.39 is 0 Å². The van der Waals surface area contributed by atoms with Crippen LogP contribution in [0.4, 0.5) is 0 Å². The molecule has 14 heavy (non-hydrogen) atoms. The maximum absolute atomic E-state index is 5.55. The zero-order chi connectivity index (χ0) is 10.4. The van der Waals surface area contributed by atoms with Gasteiger partial charge in [-0.1, -0.05) is 19.6 Å². The van der Waals surface area contributed by atoms with Crippen LogP contribution in [0.25, 0.3) is 0 Å². The van der Waals surface area contributed by atoms with Crippen LogP contribution in [0.5, 0.6) is 0 Å². The monoisotopic (exact) mass is 194 g/mol. The standard InChI is InChI=1S/C12H18O2/c1-4-8-13-11(6-3)12-10(5-2)7-9-14-12/h5-6H,3-4,7-9H2,1-2H3/b10-5-,12-11-. The zero-order valence-corrected chi connectivity index (χ0v) is 9.01. The number of hydrogen-bond donors (Lipinski definition) is 0. The Morgan fingerprint density at radius 1 is 1.64 bits per heavy atom. The molecule has 0 unspecified atom stereocenters. The molecule has 1 saturated heterocycles. The molecule has 1 fully saturated rings. The van der Waals surface area contributed by atoms with Crippen LogP contribution in [0.1, 0.15) is 26.7 Å². The third-order valence-electron chi connectivity index (χ3n) is 2.13. The van der Waals surface area contributed by atoms with E-state index >= 15 is 0 Å². The van der Waals surface area contributed by atoms with Gasteiger partial charge in [-0.2, -0.15) is 0 Å². The van der Waals surface area contributed by atoms with Crippen molar-refractivity contribution in [3.05, 3.63) is 35.8 Å². The summed E-state index contributed by atoms with van der Waals surface area (Å²) in [7, 11) is 0. The fourth-order valence-corrected chi connectivity index (χ4v) is 1.40. The lowest BCUT2D eigenvalue weighted by Crippen LogP contribution is -1.97. The number of hydrogen-bond acceptors (Lipinski definition) is 2. The van der Waals surface area contributed by atoms with E-state index in [1.165, 1.54) is 5.57 Å². The normalized spacial score (nSPS) is 22.0. The summed E-state index contributed by atoms with van der Waals surface area (Å²) in [6.07, 6.45) is 5.76. The second kappa shape index (κ2) is 5.53. The summed E-state index contributed by atoms with van der Waals surface area (Å²) in [6.45, 7) is 9.30. The van der Waals surface area contributed by atoms with Crippen LogP contribution in [0.3, 0.4) is 0 Å². The molecule has 78 valence electrons. The van der Waals surface area contributed by atoms with Crippen LogP contribution < -0.4 is 0 Å². The molecule has 1 rings (SSSR count). The van der Waals surface area contributed by atoms with E-state index in [4.69, 9.17) is 9.47 Å². The molecule has 0 spiro atoms. The van der Waals surface area contributed by atoms with Gasteiger partial charge in [0.1, 0.15) is 0 Å². The largest absolute Gasteiger partial charge is 0.490 e. The molecule has 0 radical (unpaired) electrons. The summed E-state index contributed by atoms with van der Waals surface area (Å²) in [6, 6.07) is 0. The molecule has 0 aromatic rings. The Kier molecular flexibility index (Phi) is 4.30. The highest BCUT2D eigenvalue weighted by molar-refractivity contribution is 5.34. The quantitative estimate of drug-likeness (QED) is 0.640. The molecule has 0 saturated carbocycles. The van der Waals surface area contributed by atoms with E-state index in [1.54, 1.807) is 6.08 Å². The van der Waals surface area contributed by atoms with Crippen molar-refractivity contribution in [1.82, 2.24) is 0 Å². The molecular formula is C12H18O2. The van der Waals surface area contributed by atoms with Gasteiger partial charge in [0.25, 0.3) is 0 Å². The first-order valence-corrected chi connectivity index (χ1v) is 5.11. The van der Waals surface area contributed by atoms with Crippen LogP contribution in [0, 0.1) is 0 Å². The first-order valence-electron chi connectivity index (χ1n) is 5.11. The molecule has 1 aliphatic rings. The maximum atomic E-state index is 5.55. The van der Waals surface area contributed by atoms with Crippen LogP contribution in [0.15, 0.2) is 35.8 Å². The van der Waals surface area contributed by atoms with Crippen molar-refractivity contribution in [1.29, 1.82) is 0 Å². The minimum atomic E-state index is 0.713. The Morgan fingerprint density at radius 2 is 2.43 bits per heavy atom. The predicted octanol–water partition coefficient (Wildman–Crippen LogP) is 3.18. The molecule has 0 amide bonds. The van der Waals surface area contributed by atoms with Gasteiger partial charge in [0.15, 0.2) is 11.5 Å². The minimum Gasteiger partial charge on any atom is -0.490 e. The third kappa shape index (κ3) is 2.41. The predicted molar refractivity (Wildman–Crippen MR) is 57.8 cm³/mol. The molecule has 1 aliphatic heterocycles. The molecule has 0 aromatic heterocycles. The molecule has 0 aliphatic carbocycles. The van der Waals surface area contributed by atoms with Gasteiger partial charge < -0.3 is 9.47 Å². The highest BCUT2D eigenvalue weighted by Gasteiger charge is 2.18. The van der Waals surface area contributed by atoms with Gasteiger partial charge in [0, 0.05) is 6.42 Å². The lowest BCUT2D eigenvalue weighted by molar-refractivity contribution is 0.187. The Balaban J connectivity index is 2.81. The van der Waals surface area contributed by atoms with Crippen molar-refractivity contribution in [2.45, 2.75) is 26.7 Å². The second-order valence-electron chi connectivity index (χ2n) is 3.16. The van der Waals surface area contributed by atoms with E-state index in [9.17, 15) is 0 Å². The van der Waals surface area contributed by atoms with Gasteiger partial charge in [-0.15, -0.1) is 0 Å². The fourth-order valence-electron chi connectivity index (χ4n) is 1.40. The Bertz CT molecular complexity index is 261. The van der Waals surface area contributed by atoms with Crippen molar-refractivity contribution >= 4 is 0 Å². The fraction of sp³-hybridized carbons (Fsp3) is 0.500. The highest BCUT2D eigenvalue weighted by Crippen LogP contribution is 2.27. The van der Waals surface area contributed by atoms with E-state index in [0.29, 0.717) is 6.61 Å². The van der Waals surface area contributed by atoms with E-state index in [-0.39, 0.29) is 0 Å². The van der Waals surface area contributed by atoms with Crippen LogP contribution >= 0.6 is 0 Å². The van der Waals surface area contributed by atoms with Crippen molar-refractivity contribution in [3.63, 3.8) is 0 Å². The molecule has 2 heteroatoms. The van der Waals surface area contributed by atoms with Crippen LogP contribution in [0.2, 0.25) is 0 Å². The lowest BCUT2D eigenvalue weighted by Gasteiger charge is -2.09. The van der Waals surface area contributed by atoms with Gasteiger partial charge in [-0.05, 0) is 25.0 Å². The van der Waals surface area contributed by atoms with Crippen LogP contribution in [-0.4, -0.2) is 13.2 Å². The summed E-state index contributed by atoms with van der Waals surface area (Å²) >= 11 is 0. The molecule has 0 atom stereocenters. The van der Waals surface area contributed by atoms with Gasteiger partial charge in [-0.3, -0.25) is 0 Å². The average Bonchev–Trinajstić information content (AvgIpc) is 2.67. The maximum Gasteiger partial charge on any atom is 0.164 e. The topological polar surface area (TPSA) is 18.5 Å². The van der Waals surface area contributed by atoms with E-state index in [1.807, 2.05) is 6.92 Å². The van der Waals surface area contributed by atoms with Crippen LogP contribution in [-0.2, 0) is 9.47 Å². The lowest BCUT2D eigenvalue weighted by atomic mass is 10.1. The van der Waals surface area contributed by atoms with Crippen molar-refractivity contribution in [2.75, 3.05) is 13.2 Å². The van der Waals surface area contributed by atoms with E-state index in [0.717, 1.165) is 31.0 Å². The average molecular weight is 194 g/mol. The van der Waals surface area contributed by atoms with Gasteiger partial charge in [0.2, 0.25) is 0 Å². The van der Waals surface area contributed by atoms with Crippen molar-refractivity contribution in [2.24, 2.45) is 0 Å². The van der Waals surface area contributed by atoms with E-state index in [2.05, 4.69) is 19.6 Å². The van der Waals surface area contributed by atoms with Gasteiger partial charge in [-0.25, -0.2) is 0 Å². The Morgan fingerprint density at radius 3 is 3.00 bits per heavy atom. The summed E-state index contributed by atoms with van der Waals surface area (Å²) in [5.41, 5.74) is 1.22. The first kappa shape index (κ1) is 10.9. The summed E-state index contributed by atoms with van der Waals surface area (Å²) in [5, 5.41) is 0. The summed E-state index contributed by atoms with van der Waals surface area (Å²) in [4.78, 5) is 0.